The highest BCUT2D eigenvalue weighted by atomic mass is 16.5. The van der Waals surface area contributed by atoms with Crippen LogP contribution in [0.15, 0.2) is 48.8 Å². The molecule has 0 radical (unpaired) electrons. The molecule has 1 atom stereocenters. The number of carbonyl (C=O) groups excluding carboxylic acids is 1. The first-order valence-electron chi connectivity index (χ1n) is 5.55. The Morgan fingerprint density at radius 2 is 1.89 bits per heavy atom. The molecule has 0 saturated carbocycles. The standard InChI is InChI=1S/C13H11N3O2/c17-13-10-3-1-2-4-11(10)15-12(16(13)18)9-5-7-14-8-6-9/h1-8,12,15,18H. The molecule has 2 aromatic rings. The summed E-state index contributed by atoms with van der Waals surface area (Å²) in [5.74, 6) is -0.411. The van der Waals surface area contributed by atoms with Crippen LogP contribution in [-0.2, 0) is 0 Å². The second-order valence-electron chi connectivity index (χ2n) is 4.02. The highest BCUT2D eigenvalue weighted by molar-refractivity contribution is 6.00. The average molecular weight is 241 g/mol. The number of anilines is 1. The summed E-state index contributed by atoms with van der Waals surface area (Å²) in [6.45, 7) is 0. The van der Waals surface area contributed by atoms with E-state index in [-0.39, 0.29) is 0 Å². The molecule has 1 aromatic heterocycles. The molecule has 1 aromatic carbocycles. The topological polar surface area (TPSA) is 65.5 Å². The van der Waals surface area contributed by atoms with Crippen LogP contribution in [0.1, 0.15) is 22.1 Å². The Labute approximate surface area is 104 Å². The molecule has 2 heterocycles. The summed E-state index contributed by atoms with van der Waals surface area (Å²) in [4.78, 5) is 15.9. The minimum atomic E-state index is -0.588. The Morgan fingerprint density at radius 1 is 1.17 bits per heavy atom. The number of benzene rings is 1. The summed E-state index contributed by atoms with van der Waals surface area (Å²) in [5, 5.41) is 13.8. The molecule has 0 saturated heterocycles. The van der Waals surface area contributed by atoms with Crippen molar-refractivity contribution >= 4 is 11.6 Å². The number of hydrogen-bond acceptors (Lipinski definition) is 4. The first kappa shape index (κ1) is 10.7. The molecule has 1 unspecified atom stereocenters. The molecule has 1 amide bonds. The maximum Gasteiger partial charge on any atom is 0.281 e. The molecule has 1 aliphatic heterocycles. The van der Waals surface area contributed by atoms with Crippen molar-refractivity contribution < 1.29 is 10.0 Å². The predicted octanol–water partition coefficient (Wildman–Crippen LogP) is 2.04. The SMILES string of the molecule is O=C1c2ccccc2NC(c2ccncc2)N1O. The molecule has 3 rings (SSSR count). The zero-order chi connectivity index (χ0) is 12.5. The van der Waals surface area contributed by atoms with Crippen molar-refractivity contribution in [2.75, 3.05) is 5.32 Å². The summed E-state index contributed by atoms with van der Waals surface area (Å²) in [5.41, 5.74) is 1.95. The molecule has 90 valence electrons. The fraction of sp³-hybridized carbons (Fsp3) is 0.0769. The van der Waals surface area contributed by atoms with Gasteiger partial charge in [0.2, 0.25) is 0 Å². The largest absolute Gasteiger partial charge is 0.359 e. The van der Waals surface area contributed by atoms with Gasteiger partial charge < -0.3 is 5.32 Å². The summed E-state index contributed by atoms with van der Waals surface area (Å²) in [7, 11) is 0. The van der Waals surface area contributed by atoms with Crippen molar-refractivity contribution in [2.24, 2.45) is 0 Å². The number of hydroxylamine groups is 2. The molecule has 0 fully saturated rings. The van der Waals surface area contributed by atoms with E-state index in [1.54, 1.807) is 36.7 Å². The highest BCUT2D eigenvalue weighted by Crippen LogP contribution is 2.31. The van der Waals surface area contributed by atoms with E-state index in [1.165, 1.54) is 0 Å². The van der Waals surface area contributed by atoms with Crippen LogP contribution in [0.2, 0.25) is 0 Å². The number of amides is 1. The fourth-order valence-electron chi connectivity index (χ4n) is 2.01. The number of rotatable bonds is 1. The van der Waals surface area contributed by atoms with Gasteiger partial charge in [0, 0.05) is 18.1 Å². The minimum absolute atomic E-state index is 0.411. The van der Waals surface area contributed by atoms with Gasteiger partial charge in [-0.15, -0.1) is 0 Å². The van der Waals surface area contributed by atoms with Gasteiger partial charge in [-0.25, -0.2) is 0 Å². The summed E-state index contributed by atoms with van der Waals surface area (Å²) >= 11 is 0. The maximum atomic E-state index is 12.0. The quantitative estimate of drug-likeness (QED) is 0.750. The number of pyridine rings is 1. The Bertz CT molecular complexity index is 586. The van der Waals surface area contributed by atoms with Crippen molar-refractivity contribution in [2.45, 2.75) is 6.17 Å². The van der Waals surface area contributed by atoms with Gasteiger partial charge in [-0.2, -0.15) is 5.06 Å². The normalized spacial score (nSPS) is 18.2. The van der Waals surface area contributed by atoms with Crippen LogP contribution < -0.4 is 5.32 Å². The van der Waals surface area contributed by atoms with Crippen LogP contribution >= 0.6 is 0 Å². The zero-order valence-corrected chi connectivity index (χ0v) is 9.45. The number of aromatic nitrogens is 1. The first-order valence-corrected chi connectivity index (χ1v) is 5.55. The molecule has 18 heavy (non-hydrogen) atoms. The molecule has 2 N–H and O–H groups in total. The first-order chi connectivity index (χ1) is 8.77. The zero-order valence-electron chi connectivity index (χ0n) is 9.45. The van der Waals surface area contributed by atoms with Crippen molar-refractivity contribution in [3.8, 4) is 0 Å². The monoisotopic (exact) mass is 241 g/mol. The molecule has 5 nitrogen and oxygen atoms in total. The lowest BCUT2D eigenvalue weighted by Gasteiger charge is -2.33. The highest BCUT2D eigenvalue weighted by Gasteiger charge is 2.31. The van der Waals surface area contributed by atoms with Crippen LogP contribution in [0.4, 0.5) is 5.69 Å². The Kier molecular flexibility index (Phi) is 2.46. The number of para-hydroxylation sites is 1. The average Bonchev–Trinajstić information content (AvgIpc) is 2.44. The van der Waals surface area contributed by atoms with Gasteiger partial charge in [-0.1, -0.05) is 12.1 Å². The molecule has 0 aliphatic carbocycles. The Morgan fingerprint density at radius 3 is 2.67 bits per heavy atom. The maximum absolute atomic E-state index is 12.0. The predicted molar refractivity (Wildman–Crippen MR) is 65.0 cm³/mol. The van der Waals surface area contributed by atoms with Crippen LogP contribution in [0.5, 0.6) is 0 Å². The molecule has 5 heteroatoms. The third-order valence-corrected chi connectivity index (χ3v) is 2.92. The van der Waals surface area contributed by atoms with E-state index in [2.05, 4.69) is 10.3 Å². The number of nitrogens with zero attached hydrogens (tertiary/aromatic N) is 2. The van der Waals surface area contributed by atoms with Crippen molar-refractivity contribution in [3.05, 3.63) is 59.9 Å². The second-order valence-corrected chi connectivity index (χ2v) is 4.02. The Hall–Kier alpha value is -2.40. The summed E-state index contributed by atoms with van der Waals surface area (Å²) in [6, 6.07) is 10.6. The van der Waals surface area contributed by atoms with E-state index in [1.807, 2.05) is 12.1 Å². The summed E-state index contributed by atoms with van der Waals surface area (Å²) < 4.78 is 0. The van der Waals surface area contributed by atoms with E-state index in [9.17, 15) is 10.0 Å². The van der Waals surface area contributed by atoms with Gasteiger partial charge in [0.15, 0.2) is 6.17 Å². The molecule has 0 bridgehead atoms. The van der Waals surface area contributed by atoms with Gasteiger partial charge in [0.25, 0.3) is 5.91 Å². The van der Waals surface area contributed by atoms with E-state index < -0.39 is 12.1 Å². The number of nitrogens with one attached hydrogen (secondary N) is 1. The molecule has 0 spiro atoms. The fourth-order valence-corrected chi connectivity index (χ4v) is 2.01. The number of carbonyl (C=O) groups is 1. The molecule has 1 aliphatic rings. The number of hydrogen-bond donors (Lipinski definition) is 2. The summed E-state index contributed by atoms with van der Waals surface area (Å²) in [6.07, 6.45) is 2.65. The van der Waals surface area contributed by atoms with Gasteiger partial charge in [0.05, 0.1) is 5.56 Å². The van der Waals surface area contributed by atoms with Crippen LogP contribution in [0.25, 0.3) is 0 Å². The molecular formula is C13H11N3O2. The third-order valence-electron chi connectivity index (χ3n) is 2.92. The smallest absolute Gasteiger partial charge is 0.281 e. The van der Waals surface area contributed by atoms with Gasteiger partial charge in [0.1, 0.15) is 0 Å². The van der Waals surface area contributed by atoms with Crippen molar-refractivity contribution in [3.63, 3.8) is 0 Å². The molecular weight excluding hydrogens is 230 g/mol. The second kappa shape index (κ2) is 4.12. The van der Waals surface area contributed by atoms with Crippen molar-refractivity contribution in [1.82, 2.24) is 10.0 Å². The van der Waals surface area contributed by atoms with Crippen LogP contribution in [0.3, 0.4) is 0 Å². The van der Waals surface area contributed by atoms with Crippen LogP contribution in [-0.4, -0.2) is 21.2 Å². The van der Waals surface area contributed by atoms with Gasteiger partial charge in [-0.3, -0.25) is 15.0 Å². The lowest BCUT2D eigenvalue weighted by molar-refractivity contribution is -0.0851. The Balaban J connectivity index is 2.04. The van der Waals surface area contributed by atoms with Crippen molar-refractivity contribution in [1.29, 1.82) is 0 Å². The van der Waals surface area contributed by atoms with E-state index in [0.29, 0.717) is 10.6 Å². The third kappa shape index (κ3) is 1.61. The lowest BCUT2D eigenvalue weighted by Crippen LogP contribution is -2.40. The van der Waals surface area contributed by atoms with Crippen LogP contribution in [0, 0.1) is 0 Å². The lowest BCUT2D eigenvalue weighted by atomic mass is 10.1. The van der Waals surface area contributed by atoms with E-state index in [4.69, 9.17) is 0 Å². The minimum Gasteiger partial charge on any atom is -0.359 e. The van der Waals surface area contributed by atoms with E-state index >= 15 is 0 Å². The number of fused-ring (bicyclic) bond motifs is 1. The van der Waals surface area contributed by atoms with E-state index in [0.717, 1.165) is 11.3 Å². The van der Waals surface area contributed by atoms with Gasteiger partial charge >= 0.3 is 0 Å². The van der Waals surface area contributed by atoms with Gasteiger partial charge in [-0.05, 0) is 29.8 Å².